The van der Waals surface area contributed by atoms with Gasteiger partial charge in [0.1, 0.15) is 0 Å². The van der Waals surface area contributed by atoms with Crippen molar-refractivity contribution in [2.24, 2.45) is 0 Å². The second-order valence-electron chi connectivity index (χ2n) is 4.79. The van der Waals surface area contributed by atoms with Crippen molar-refractivity contribution in [3.63, 3.8) is 0 Å². The fourth-order valence-electron chi connectivity index (χ4n) is 1.97. The lowest BCUT2D eigenvalue weighted by molar-refractivity contribution is 0.101. The number of imidazole rings is 1. The highest BCUT2D eigenvalue weighted by atomic mass is 32.2. The van der Waals surface area contributed by atoms with Crippen LogP contribution in [0.3, 0.4) is 0 Å². The van der Waals surface area contributed by atoms with Crippen LogP contribution < -0.4 is 11.3 Å². The lowest BCUT2D eigenvalue weighted by Crippen LogP contribution is -2.22. The van der Waals surface area contributed by atoms with Crippen LogP contribution in [0.25, 0.3) is 5.84 Å². The molecule has 0 fully saturated rings. The summed E-state index contributed by atoms with van der Waals surface area (Å²) in [4.78, 5) is 38.6. The van der Waals surface area contributed by atoms with Gasteiger partial charge in [-0.3, -0.25) is 4.79 Å². The second kappa shape index (κ2) is 6.25. The van der Waals surface area contributed by atoms with E-state index < -0.39 is 11.3 Å². The van der Waals surface area contributed by atoms with Crippen molar-refractivity contribution in [2.75, 3.05) is 5.75 Å². The molecule has 0 radical (unpaired) electrons. The Bertz CT molecular complexity index is 938. The number of Topliss-reactive ketones (excluding diaryl/α,β-unsaturated/α-hetero) is 1. The van der Waals surface area contributed by atoms with Crippen molar-refractivity contribution < 1.29 is 13.7 Å². The summed E-state index contributed by atoms with van der Waals surface area (Å²) in [5.74, 6) is 0.686. The average Bonchev–Trinajstić information content (AvgIpc) is 2.89. The molecular weight excluding hydrogens is 320 g/mol. The maximum atomic E-state index is 11.4. The molecule has 2 aromatic heterocycles. The third-order valence-corrected chi connectivity index (χ3v) is 4.09. The van der Waals surface area contributed by atoms with Gasteiger partial charge in [0.25, 0.3) is 0 Å². The Morgan fingerprint density at radius 1 is 1.30 bits per heavy atom. The molecule has 0 aliphatic carbocycles. The highest BCUT2D eigenvalue weighted by molar-refractivity contribution is 7.99. The Balaban J connectivity index is 1.69. The smallest absolute Gasteiger partial charge is 0.381 e. The van der Waals surface area contributed by atoms with E-state index in [1.165, 1.54) is 13.1 Å². The summed E-state index contributed by atoms with van der Waals surface area (Å²) in [7, 11) is 0. The minimum absolute atomic E-state index is 0.0258. The molecule has 0 unspecified atom stereocenters. The number of carbonyl (C=O) groups excluding carboxylic acids is 1. The van der Waals surface area contributed by atoms with Crippen molar-refractivity contribution in [1.82, 2.24) is 9.56 Å². The second-order valence-corrected chi connectivity index (χ2v) is 5.96. The summed E-state index contributed by atoms with van der Waals surface area (Å²) in [5, 5.41) is 0. The topological polar surface area (TPSA) is 94.8 Å². The van der Waals surface area contributed by atoms with E-state index >= 15 is 0 Å². The number of hydrogen-bond donors (Lipinski definition) is 0. The maximum Gasteiger partial charge on any atom is 0.442 e. The van der Waals surface area contributed by atoms with Crippen LogP contribution in [0.15, 0.2) is 53.9 Å². The number of nitrogens with zero attached hydrogens (tertiary/aromatic N) is 2. The molecule has 0 spiro atoms. The molecule has 0 N–H and O–H groups in total. The zero-order valence-electron chi connectivity index (χ0n) is 12.1. The third kappa shape index (κ3) is 3.42. The van der Waals surface area contributed by atoms with Gasteiger partial charge in [-0.2, -0.15) is 4.98 Å². The average molecular weight is 332 g/mol. The van der Waals surface area contributed by atoms with E-state index in [0.29, 0.717) is 23.4 Å². The zero-order valence-corrected chi connectivity index (χ0v) is 13.0. The fourth-order valence-corrected chi connectivity index (χ4v) is 2.91. The Hall–Kier alpha value is -2.61. The monoisotopic (exact) mass is 332 g/mol. The summed E-state index contributed by atoms with van der Waals surface area (Å²) >= 11 is 1.58. The maximum absolute atomic E-state index is 11.4. The standard InChI is InChI=1S/C15H12N2O5S/c1-9(18)10-3-2-4-12(7-10)23-6-5-11-8-17-15(16-11)21-13(19)14(20)22-17/h2-4,7-8H,5-6H2,1H3. The van der Waals surface area contributed by atoms with Crippen LogP contribution in [0.5, 0.6) is 0 Å². The fraction of sp³-hybridized carbons (Fsp3) is 0.200. The number of ketones is 1. The number of aromatic nitrogens is 2. The lowest BCUT2D eigenvalue weighted by atomic mass is 10.2. The molecule has 1 aromatic carbocycles. The molecule has 2 heterocycles. The van der Waals surface area contributed by atoms with Crippen LogP contribution in [-0.4, -0.2) is 21.1 Å². The predicted molar refractivity (Wildman–Crippen MR) is 83.1 cm³/mol. The molecule has 8 heteroatoms. The first-order valence-corrected chi connectivity index (χ1v) is 7.78. The van der Waals surface area contributed by atoms with Crippen LogP contribution >= 0.6 is 11.8 Å². The van der Waals surface area contributed by atoms with Gasteiger partial charge in [-0.15, -0.1) is 16.3 Å². The zero-order chi connectivity index (χ0) is 16.4. The Labute approximate surface area is 133 Å². The van der Waals surface area contributed by atoms with Crippen molar-refractivity contribution in [3.8, 4) is 0 Å². The normalized spacial score (nSPS) is 11.0. The number of benzene rings is 1. The lowest BCUT2D eigenvalue weighted by Gasteiger charge is -2.02. The summed E-state index contributed by atoms with van der Waals surface area (Å²) in [6.07, 6.45) is 2.09. The quantitative estimate of drug-likeness (QED) is 0.399. The van der Waals surface area contributed by atoms with Crippen molar-refractivity contribution in [3.05, 3.63) is 62.6 Å². The first-order valence-electron chi connectivity index (χ1n) is 6.79. The molecule has 118 valence electrons. The molecule has 7 nitrogen and oxygen atoms in total. The molecule has 3 aromatic rings. The first kappa shape index (κ1) is 15.3. The van der Waals surface area contributed by atoms with Gasteiger partial charge in [-0.25, -0.2) is 9.59 Å². The van der Waals surface area contributed by atoms with Gasteiger partial charge in [0, 0.05) is 22.6 Å². The molecule has 0 saturated heterocycles. The molecule has 0 saturated carbocycles. The number of rotatable bonds is 5. The van der Waals surface area contributed by atoms with E-state index in [4.69, 9.17) is 8.94 Å². The molecule has 0 amide bonds. The molecule has 23 heavy (non-hydrogen) atoms. The minimum Gasteiger partial charge on any atom is -0.381 e. The van der Waals surface area contributed by atoms with Crippen molar-refractivity contribution in [2.45, 2.75) is 18.2 Å². The molecule has 0 aliphatic heterocycles. The largest absolute Gasteiger partial charge is 0.442 e. The number of carbonyl (C=O) groups is 1. The molecule has 0 atom stereocenters. The van der Waals surface area contributed by atoms with Gasteiger partial charge in [0.05, 0.1) is 11.9 Å². The SMILES string of the molecule is CC(=O)c1cccc(SCCc2cn3oc(=O)c(=O)oc3n2)c1. The van der Waals surface area contributed by atoms with Gasteiger partial charge in [0.15, 0.2) is 5.78 Å². The number of thioether (sulfide) groups is 1. The van der Waals surface area contributed by atoms with Gasteiger partial charge in [-0.1, -0.05) is 12.1 Å². The molecule has 0 aliphatic rings. The van der Waals surface area contributed by atoms with Crippen LogP contribution in [0.1, 0.15) is 23.0 Å². The summed E-state index contributed by atoms with van der Waals surface area (Å²) in [6.45, 7) is 1.53. The van der Waals surface area contributed by atoms with E-state index in [1.54, 1.807) is 17.8 Å². The van der Waals surface area contributed by atoms with E-state index in [9.17, 15) is 14.4 Å². The van der Waals surface area contributed by atoms with Gasteiger partial charge < -0.3 is 8.94 Å². The van der Waals surface area contributed by atoms with Crippen LogP contribution in [-0.2, 0) is 6.42 Å². The van der Waals surface area contributed by atoms with E-state index in [1.807, 2.05) is 18.2 Å². The Morgan fingerprint density at radius 2 is 2.13 bits per heavy atom. The van der Waals surface area contributed by atoms with E-state index in [2.05, 4.69) is 4.98 Å². The highest BCUT2D eigenvalue weighted by Gasteiger charge is 2.09. The van der Waals surface area contributed by atoms with Gasteiger partial charge >= 0.3 is 17.1 Å². The highest BCUT2D eigenvalue weighted by Crippen LogP contribution is 2.20. The van der Waals surface area contributed by atoms with Crippen molar-refractivity contribution in [1.29, 1.82) is 0 Å². The minimum atomic E-state index is -1.08. The van der Waals surface area contributed by atoms with E-state index in [0.717, 1.165) is 9.47 Å². The van der Waals surface area contributed by atoms with E-state index in [-0.39, 0.29) is 11.6 Å². The Kier molecular flexibility index (Phi) is 4.16. The number of aryl methyl sites for hydroxylation is 1. The molecule has 3 rings (SSSR count). The third-order valence-electron chi connectivity index (χ3n) is 3.09. The molecule has 0 bridgehead atoms. The first-order chi connectivity index (χ1) is 11.0. The predicted octanol–water partition coefficient (Wildman–Crippen LogP) is 1.78. The summed E-state index contributed by atoms with van der Waals surface area (Å²) < 4.78 is 10.5. The van der Waals surface area contributed by atoms with Crippen LogP contribution in [0, 0.1) is 0 Å². The van der Waals surface area contributed by atoms with Crippen molar-refractivity contribution >= 4 is 23.4 Å². The van der Waals surface area contributed by atoms with Gasteiger partial charge in [0.2, 0.25) is 0 Å². The Morgan fingerprint density at radius 3 is 2.91 bits per heavy atom. The number of hydrogen-bond acceptors (Lipinski definition) is 7. The van der Waals surface area contributed by atoms with Crippen LogP contribution in [0.2, 0.25) is 0 Å². The molecular formula is C15H12N2O5S. The summed E-state index contributed by atoms with van der Waals surface area (Å²) in [5.41, 5.74) is -0.842. The van der Waals surface area contributed by atoms with Gasteiger partial charge in [-0.05, 0) is 19.1 Å². The number of fused-ring (bicyclic) bond motifs is 1. The summed E-state index contributed by atoms with van der Waals surface area (Å²) in [6, 6.07) is 7.39. The van der Waals surface area contributed by atoms with Crippen LogP contribution in [0.4, 0.5) is 0 Å².